The van der Waals surface area contributed by atoms with Crippen molar-refractivity contribution in [3.8, 4) is 0 Å². The van der Waals surface area contributed by atoms with Gasteiger partial charge in [-0.15, -0.1) is 0 Å². The molecule has 4 heteroatoms. The summed E-state index contributed by atoms with van der Waals surface area (Å²) in [6, 6.07) is 3.83. The molecule has 0 aromatic carbocycles. The third-order valence-corrected chi connectivity index (χ3v) is 3.80. The Morgan fingerprint density at radius 1 is 1.33 bits per heavy atom. The standard InChI is InChI=1S/C17H27N3O/c1-4-9-20(12-13-7-8-13)17(21)14-10-15(5-2)19-16(11-14)18-6-3/h10-11,13H,4-9,12H2,1-3H3,(H,18,19). The second-order valence-corrected chi connectivity index (χ2v) is 5.81. The van der Waals surface area contributed by atoms with Crippen molar-refractivity contribution in [1.29, 1.82) is 0 Å². The van der Waals surface area contributed by atoms with Gasteiger partial charge >= 0.3 is 0 Å². The van der Waals surface area contributed by atoms with Gasteiger partial charge in [0.05, 0.1) is 0 Å². The van der Waals surface area contributed by atoms with Crippen LogP contribution >= 0.6 is 0 Å². The zero-order valence-electron chi connectivity index (χ0n) is 13.5. The van der Waals surface area contributed by atoms with E-state index in [1.54, 1.807) is 0 Å². The molecule has 1 heterocycles. The smallest absolute Gasteiger partial charge is 0.254 e. The van der Waals surface area contributed by atoms with Crippen molar-refractivity contribution in [3.63, 3.8) is 0 Å². The van der Waals surface area contributed by atoms with E-state index in [0.717, 1.165) is 55.5 Å². The number of hydrogen-bond acceptors (Lipinski definition) is 3. The van der Waals surface area contributed by atoms with Crippen molar-refractivity contribution in [3.05, 3.63) is 23.4 Å². The van der Waals surface area contributed by atoms with Gasteiger partial charge in [0.1, 0.15) is 5.82 Å². The fourth-order valence-electron chi connectivity index (χ4n) is 2.50. The lowest BCUT2D eigenvalue weighted by Crippen LogP contribution is -2.33. The number of amides is 1. The first kappa shape index (κ1) is 15.8. The Labute approximate surface area is 127 Å². The van der Waals surface area contributed by atoms with E-state index < -0.39 is 0 Å². The van der Waals surface area contributed by atoms with Gasteiger partial charge in [0.2, 0.25) is 0 Å². The molecule has 2 rings (SSSR count). The van der Waals surface area contributed by atoms with Crippen LogP contribution in [0.1, 0.15) is 56.1 Å². The highest BCUT2D eigenvalue weighted by atomic mass is 16.2. The van der Waals surface area contributed by atoms with Gasteiger partial charge in [-0.1, -0.05) is 13.8 Å². The zero-order valence-corrected chi connectivity index (χ0v) is 13.5. The molecule has 0 radical (unpaired) electrons. The van der Waals surface area contributed by atoms with Crippen LogP contribution in [-0.2, 0) is 6.42 Å². The Morgan fingerprint density at radius 3 is 2.67 bits per heavy atom. The minimum atomic E-state index is 0.153. The number of nitrogens with one attached hydrogen (secondary N) is 1. The summed E-state index contributed by atoms with van der Waals surface area (Å²) in [6.45, 7) is 8.80. The largest absolute Gasteiger partial charge is 0.370 e. The van der Waals surface area contributed by atoms with Crippen LogP contribution < -0.4 is 5.32 Å². The maximum Gasteiger partial charge on any atom is 0.254 e. The molecular weight excluding hydrogens is 262 g/mol. The summed E-state index contributed by atoms with van der Waals surface area (Å²) >= 11 is 0. The summed E-state index contributed by atoms with van der Waals surface area (Å²) in [7, 11) is 0. The van der Waals surface area contributed by atoms with Gasteiger partial charge in [0, 0.05) is 30.9 Å². The van der Waals surface area contributed by atoms with Gasteiger partial charge in [0.25, 0.3) is 5.91 Å². The lowest BCUT2D eigenvalue weighted by molar-refractivity contribution is 0.0747. The number of rotatable bonds is 8. The average Bonchev–Trinajstić information content (AvgIpc) is 3.30. The molecule has 1 fully saturated rings. The zero-order chi connectivity index (χ0) is 15.2. The van der Waals surface area contributed by atoms with E-state index in [1.807, 2.05) is 24.0 Å². The summed E-state index contributed by atoms with van der Waals surface area (Å²) in [4.78, 5) is 19.3. The lowest BCUT2D eigenvalue weighted by Gasteiger charge is -2.22. The monoisotopic (exact) mass is 289 g/mol. The van der Waals surface area contributed by atoms with Crippen molar-refractivity contribution < 1.29 is 4.79 Å². The van der Waals surface area contributed by atoms with E-state index in [9.17, 15) is 4.79 Å². The summed E-state index contributed by atoms with van der Waals surface area (Å²) in [5, 5.41) is 3.22. The van der Waals surface area contributed by atoms with Gasteiger partial charge in [0.15, 0.2) is 0 Å². The molecule has 1 N–H and O–H groups in total. The molecule has 0 unspecified atom stereocenters. The molecule has 0 bridgehead atoms. The SMILES string of the molecule is CCCN(CC1CC1)C(=O)c1cc(CC)nc(NCC)c1. The van der Waals surface area contributed by atoms with Crippen LogP contribution in [0.4, 0.5) is 5.82 Å². The number of hydrogen-bond donors (Lipinski definition) is 1. The predicted octanol–water partition coefficient (Wildman–Crippen LogP) is 3.34. The van der Waals surface area contributed by atoms with E-state index in [1.165, 1.54) is 12.8 Å². The highest BCUT2D eigenvalue weighted by Gasteiger charge is 2.27. The number of carbonyl (C=O) groups is 1. The predicted molar refractivity (Wildman–Crippen MR) is 86.7 cm³/mol. The second-order valence-electron chi connectivity index (χ2n) is 5.81. The fraction of sp³-hybridized carbons (Fsp3) is 0.647. The van der Waals surface area contributed by atoms with Crippen LogP contribution in [0.15, 0.2) is 12.1 Å². The van der Waals surface area contributed by atoms with Crippen LogP contribution in [0.2, 0.25) is 0 Å². The molecule has 0 atom stereocenters. The average molecular weight is 289 g/mol. The van der Waals surface area contributed by atoms with Crippen LogP contribution in [0.5, 0.6) is 0 Å². The normalized spacial score (nSPS) is 14.0. The van der Waals surface area contributed by atoms with Crippen LogP contribution in [0.25, 0.3) is 0 Å². The molecule has 1 aliphatic carbocycles. The molecule has 4 nitrogen and oxygen atoms in total. The molecule has 1 aliphatic rings. The van der Waals surface area contributed by atoms with Crippen molar-refractivity contribution >= 4 is 11.7 Å². The van der Waals surface area contributed by atoms with Crippen LogP contribution in [0.3, 0.4) is 0 Å². The molecule has 1 amide bonds. The van der Waals surface area contributed by atoms with Crippen molar-refractivity contribution in [2.45, 2.75) is 46.5 Å². The Morgan fingerprint density at radius 2 is 2.10 bits per heavy atom. The first-order chi connectivity index (χ1) is 10.2. The Kier molecular flexibility index (Phi) is 5.59. The molecule has 0 spiro atoms. The minimum absolute atomic E-state index is 0.153. The molecule has 116 valence electrons. The summed E-state index contributed by atoms with van der Waals surface area (Å²) in [6.07, 6.45) is 4.39. The summed E-state index contributed by atoms with van der Waals surface area (Å²) < 4.78 is 0. The Hall–Kier alpha value is -1.58. The van der Waals surface area contributed by atoms with Crippen molar-refractivity contribution in [2.75, 3.05) is 25.0 Å². The molecule has 0 saturated heterocycles. The third kappa shape index (κ3) is 4.45. The first-order valence-electron chi connectivity index (χ1n) is 8.22. The van der Waals surface area contributed by atoms with Crippen LogP contribution in [-0.4, -0.2) is 35.4 Å². The molecule has 1 saturated carbocycles. The van der Waals surface area contributed by atoms with E-state index in [-0.39, 0.29) is 5.91 Å². The van der Waals surface area contributed by atoms with Crippen molar-refractivity contribution in [1.82, 2.24) is 9.88 Å². The number of nitrogens with zero attached hydrogens (tertiary/aromatic N) is 2. The lowest BCUT2D eigenvalue weighted by atomic mass is 10.1. The number of aromatic nitrogens is 1. The van der Waals surface area contributed by atoms with E-state index in [4.69, 9.17) is 0 Å². The van der Waals surface area contributed by atoms with E-state index in [2.05, 4.69) is 24.1 Å². The topological polar surface area (TPSA) is 45.2 Å². The molecule has 1 aromatic rings. The van der Waals surface area contributed by atoms with Gasteiger partial charge in [-0.05, 0) is 50.7 Å². The second kappa shape index (κ2) is 7.43. The number of pyridine rings is 1. The maximum absolute atomic E-state index is 12.8. The number of anilines is 1. The molecular formula is C17H27N3O. The minimum Gasteiger partial charge on any atom is -0.370 e. The summed E-state index contributed by atoms with van der Waals surface area (Å²) in [5.74, 6) is 1.68. The Bertz CT molecular complexity index is 483. The molecule has 0 aliphatic heterocycles. The quantitative estimate of drug-likeness (QED) is 0.798. The van der Waals surface area contributed by atoms with Gasteiger partial charge in [-0.3, -0.25) is 4.79 Å². The first-order valence-corrected chi connectivity index (χ1v) is 8.22. The van der Waals surface area contributed by atoms with Gasteiger partial charge in [-0.25, -0.2) is 4.98 Å². The number of carbonyl (C=O) groups excluding carboxylic acids is 1. The fourth-order valence-corrected chi connectivity index (χ4v) is 2.50. The maximum atomic E-state index is 12.8. The highest BCUT2D eigenvalue weighted by molar-refractivity contribution is 5.95. The molecule has 1 aromatic heterocycles. The van der Waals surface area contributed by atoms with Crippen molar-refractivity contribution in [2.24, 2.45) is 5.92 Å². The molecule has 21 heavy (non-hydrogen) atoms. The summed E-state index contributed by atoms with van der Waals surface area (Å²) in [5.41, 5.74) is 1.74. The highest BCUT2D eigenvalue weighted by Crippen LogP contribution is 2.30. The third-order valence-electron chi connectivity index (χ3n) is 3.80. The van der Waals surface area contributed by atoms with Gasteiger partial charge < -0.3 is 10.2 Å². The van der Waals surface area contributed by atoms with E-state index in [0.29, 0.717) is 0 Å². The van der Waals surface area contributed by atoms with Gasteiger partial charge in [-0.2, -0.15) is 0 Å². The Balaban J connectivity index is 2.19. The van der Waals surface area contributed by atoms with Crippen LogP contribution in [0, 0.1) is 5.92 Å². The van der Waals surface area contributed by atoms with E-state index >= 15 is 0 Å². The number of aryl methyl sites for hydroxylation is 1.